The fourth-order valence-corrected chi connectivity index (χ4v) is 4.29. The number of benzene rings is 1. The van der Waals surface area contributed by atoms with Gasteiger partial charge in [-0.1, -0.05) is 12.0 Å². The van der Waals surface area contributed by atoms with Crippen LogP contribution in [0.5, 0.6) is 0 Å². The van der Waals surface area contributed by atoms with Crippen molar-refractivity contribution in [2.45, 2.75) is 33.1 Å². The van der Waals surface area contributed by atoms with Gasteiger partial charge in [0, 0.05) is 36.1 Å². The Kier molecular flexibility index (Phi) is 6.06. The monoisotopic (exact) mass is 465 g/mol. The summed E-state index contributed by atoms with van der Waals surface area (Å²) in [4.78, 5) is 19.9. The summed E-state index contributed by atoms with van der Waals surface area (Å²) in [6.45, 7) is 6.06. The molecule has 4 heterocycles. The number of hydrogen-bond donors (Lipinski definition) is 2. The van der Waals surface area contributed by atoms with Gasteiger partial charge in [0.25, 0.3) is 5.91 Å². The maximum absolute atomic E-state index is 13.0. The molecule has 8 heteroatoms. The molecule has 1 aliphatic rings. The summed E-state index contributed by atoms with van der Waals surface area (Å²) < 4.78 is 1.75. The van der Waals surface area contributed by atoms with Gasteiger partial charge < -0.3 is 16.0 Å². The third-order valence-corrected chi connectivity index (χ3v) is 6.20. The molecule has 1 aromatic carbocycles. The number of amides is 1. The van der Waals surface area contributed by atoms with E-state index in [2.05, 4.69) is 37.2 Å². The standard InChI is InChI=1S/C27H27N7O/c1-18-6-7-21(15-20(18)8-10-24-31-32-25-11-9-22(28)17-34(24)25)27(35)30-23-14-19(2)26(29-16-23)33-12-4-3-5-13-33/h6-7,9,11,14-17H,3-5,12-13,28H2,1-2H3,(H,30,35). The predicted molar refractivity (Wildman–Crippen MR) is 138 cm³/mol. The predicted octanol–water partition coefficient (Wildman–Crippen LogP) is 3.97. The summed E-state index contributed by atoms with van der Waals surface area (Å²) in [5.41, 5.74) is 11.1. The Morgan fingerprint density at radius 3 is 2.63 bits per heavy atom. The minimum absolute atomic E-state index is 0.208. The highest BCUT2D eigenvalue weighted by Gasteiger charge is 2.15. The minimum atomic E-state index is -0.208. The molecule has 0 saturated carbocycles. The summed E-state index contributed by atoms with van der Waals surface area (Å²) in [7, 11) is 0. The maximum Gasteiger partial charge on any atom is 0.255 e. The van der Waals surface area contributed by atoms with Gasteiger partial charge in [-0.05, 0) is 80.5 Å². The summed E-state index contributed by atoms with van der Waals surface area (Å²) in [5, 5.41) is 11.2. The number of aryl methyl sites for hydroxylation is 2. The molecule has 176 valence electrons. The van der Waals surface area contributed by atoms with Crippen molar-refractivity contribution in [1.82, 2.24) is 19.6 Å². The zero-order valence-corrected chi connectivity index (χ0v) is 19.9. The molecule has 1 aliphatic heterocycles. The number of rotatable bonds is 3. The number of anilines is 3. The lowest BCUT2D eigenvalue weighted by Crippen LogP contribution is -2.30. The van der Waals surface area contributed by atoms with Gasteiger partial charge in [-0.2, -0.15) is 0 Å². The lowest BCUT2D eigenvalue weighted by atomic mass is 10.0. The van der Waals surface area contributed by atoms with Crippen molar-refractivity contribution in [2.75, 3.05) is 29.0 Å². The van der Waals surface area contributed by atoms with Gasteiger partial charge in [0.2, 0.25) is 5.82 Å². The van der Waals surface area contributed by atoms with E-state index in [-0.39, 0.29) is 5.91 Å². The molecule has 0 spiro atoms. The second-order valence-electron chi connectivity index (χ2n) is 8.86. The molecule has 0 unspecified atom stereocenters. The SMILES string of the molecule is Cc1ccc(C(=O)Nc2cnc(N3CCCCC3)c(C)c2)cc1C#Cc1nnc2ccc(N)cn12. The van der Waals surface area contributed by atoms with E-state index >= 15 is 0 Å². The van der Waals surface area contributed by atoms with Crippen molar-refractivity contribution in [1.29, 1.82) is 0 Å². The second-order valence-corrected chi connectivity index (χ2v) is 8.86. The van der Waals surface area contributed by atoms with Gasteiger partial charge in [-0.25, -0.2) is 4.98 Å². The van der Waals surface area contributed by atoms with Crippen LogP contribution >= 0.6 is 0 Å². The number of nitrogens with two attached hydrogens (primary N) is 1. The van der Waals surface area contributed by atoms with Gasteiger partial charge in [0.05, 0.1) is 11.9 Å². The van der Waals surface area contributed by atoms with E-state index in [0.717, 1.165) is 35.6 Å². The molecule has 0 bridgehead atoms. The lowest BCUT2D eigenvalue weighted by Gasteiger charge is -2.29. The molecule has 5 rings (SSSR count). The zero-order valence-electron chi connectivity index (χ0n) is 19.9. The Hall–Kier alpha value is -4.38. The quantitative estimate of drug-likeness (QED) is 0.444. The highest BCUT2D eigenvalue weighted by atomic mass is 16.1. The second kappa shape index (κ2) is 9.47. The first-order valence-electron chi connectivity index (χ1n) is 11.7. The lowest BCUT2D eigenvalue weighted by molar-refractivity contribution is 0.102. The molecule has 1 saturated heterocycles. The molecule has 0 radical (unpaired) electrons. The number of carbonyl (C=O) groups excluding carboxylic acids is 1. The van der Waals surface area contributed by atoms with Crippen LogP contribution in [0.25, 0.3) is 5.65 Å². The van der Waals surface area contributed by atoms with Crippen LogP contribution in [0.15, 0.2) is 48.8 Å². The van der Waals surface area contributed by atoms with Crippen LogP contribution in [0.1, 0.15) is 52.1 Å². The molecule has 1 amide bonds. The number of carbonyl (C=O) groups is 1. The largest absolute Gasteiger partial charge is 0.398 e. The van der Waals surface area contributed by atoms with E-state index in [1.165, 1.54) is 19.3 Å². The van der Waals surface area contributed by atoms with Crippen molar-refractivity contribution in [3.8, 4) is 11.8 Å². The highest BCUT2D eigenvalue weighted by molar-refractivity contribution is 6.04. The van der Waals surface area contributed by atoms with Gasteiger partial charge in [-0.15, -0.1) is 10.2 Å². The molecular formula is C27H27N7O. The Morgan fingerprint density at radius 2 is 1.83 bits per heavy atom. The first-order valence-corrected chi connectivity index (χ1v) is 11.7. The van der Waals surface area contributed by atoms with Crippen LogP contribution in [0.2, 0.25) is 0 Å². The summed E-state index contributed by atoms with van der Waals surface area (Å²) >= 11 is 0. The van der Waals surface area contributed by atoms with E-state index in [1.54, 1.807) is 41.1 Å². The van der Waals surface area contributed by atoms with Crippen LogP contribution in [-0.4, -0.2) is 38.6 Å². The molecule has 0 atom stereocenters. The van der Waals surface area contributed by atoms with Crippen molar-refractivity contribution in [3.05, 3.63) is 76.9 Å². The third-order valence-electron chi connectivity index (χ3n) is 6.20. The van der Waals surface area contributed by atoms with E-state index in [9.17, 15) is 4.79 Å². The first-order chi connectivity index (χ1) is 17.0. The van der Waals surface area contributed by atoms with Crippen molar-refractivity contribution in [3.63, 3.8) is 0 Å². The topological polar surface area (TPSA) is 101 Å². The molecule has 0 aliphatic carbocycles. The number of nitrogens with zero attached hydrogens (tertiary/aromatic N) is 5. The molecule has 1 fully saturated rings. The summed E-state index contributed by atoms with van der Waals surface area (Å²) in [5.74, 6) is 7.45. The van der Waals surface area contributed by atoms with Gasteiger partial charge in [0.1, 0.15) is 5.82 Å². The van der Waals surface area contributed by atoms with Crippen molar-refractivity contribution < 1.29 is 4.79 Å². The van der Waals surface area contributed by atoms with Crippen LogP contribution in [0, 0.1) is 25.7 Å². The molecular weight excluding hydrogens is 438 g/mol. The molecule has 8 nitrogen and oxygen atoms in total. The third kappa shape index (κ3) is 4.80. The van der Waals surface area contributed by atoms with Gasteiger partial charge in [0.15, 0.2) is 5.65 Å². The Balaban J connectivity index is 1.35. The number of nitrogen functional groups attached to an aromatic ring is 1. The van der Waals surface area contributed by atoms with E-state index in [1.807, 2.05) is 26.0 Å². The fourth-order valence-electron chi connectivity index (χ4n) is 4.29. The van der Waals surface area contributed by atoms with Gasteiger partial charge >= 0.3 is 0 Å². The Bertz CT molecular complexity index is 1470. The van der Waals surface area contributed by atoms with E-state index < -0.39 is 0 Å². The van der Waals surface area contributed by atoms with Crippen LogP contribution < -0.4 is 16.0 Å². The summed E-state index contributed by atoms with van der Waals surface area (Å²) in [6.07, 6.45) is 7.13. The normalized spacial score (nSPS) is 13.4. The molecule has 35 heavy (non-hydrogen) atoms. The average molecular weight is 466 g/mol. The minimum Gasteiger partial charge on any atom is -0.398 e. The summed E-state index contributed by atoms with van der Waals surface area (Å²) in [6, 6.07) is 11.0. The van der Waals surface area contributed by atoms with Crippen LogP contribution in [0.3, 0.4) is 0 Å². The van der Waals surface area contributed by atoms with Crippen LogP contribution in [-0.2, 0) is 0 Å². The maximum atomic E-state index is 13.0. The average Bonchev–Trinajstić information content (AvgIpc) is 3.26. The molecule has 3 N–H and O–H groups in total. The molecule has 4 aromatic rings. The smallest absolute Gasteiger partial charge is 0.255 e. The molecule has 3 aromatic heterocycles. The first kappa shape index (κ1) is 22.4. The fraction of sp³-hybridized carbons (Fsp3) is 0.259. The Morgan fingerprint density at radius 1 is 1.00 bits per heavy atom. The van der Waals surface area contributed by atoms with Crippen molar-refractivity contribution >= 4 is 28.7 Å². The number of aromatic nitrogens is 4. The Labute approximate surface area is 204 Å². The number of pyridine rings is 2. The number of fused-ring (bicyclic) bond motifs is 1. The zero-order chi connectivity index (χ0) is 24.4. The van der Waals surface area contributed by atoms with E-state index in [0.29, 0.717) is 28.4 Å². The highest BCUT2D eigenvalue weighted by Crippen LogP contribution is 2.24. The number of nitrogens with one attached hydrogen (secondary N) is 1. The van der Waals surface area contributed by atoms with Crippen LogP contribution in [0.4, 0.5) is 17.2 Å². The van der Waals surface area contributed by atoms with Gasteiger partial charge in [-0.3, -0.25) is 9.20 Å². The number of piperidine rings is 1. The van der Waals surface area contributed by atoms with E-state index in [4.69, 9.17) is 5.73 Å². The van der Waals surface area contributed by atoms with Crippen molar-refractivity contribution in [2.24, 2.45) is 0 Å². The number of hydrogen-bond acceptors (Lipinski definition) is 6.